The molecule has 1 aromatic heterocycles. The third-order valence-electron chi connectivity index (χ3n) is 4.86. The van der Waals surface area contributed by atoms with Crippen LogP contribution in [0.4, 0.5) is 5.69 Å². The molecule has 0 bridgehead atoms. The SMILES string of the molecule is Cc1ccc(NC(=O)CSc2ncc(S(=O)(=O)c3ccc(C(C)(C)C)cc3)c(=O)[nH]2)cc1Cl. The van der Waals surface area contributed by atoms with Crippen LogP contribution in [0.2, 0.25) is 5.02 Å². The molecule has 7 nitrogen and oxygen atoms in total. The van der Waals surface area contributed by atoms with E-state index in [4.69, 9.17) is 11.6 Å². The number of rotatable bonds is 6. The third kappa shape index (κ3) is 6.04. The molecule has 3 rings (SSSR count). The van der Waals surface area contributed by atoms with Gasteiger partial charge in [-0.05, 0) is 47.7 Å². The van der Waals surface area contributed by atoms with Gasteiger partial charge in [-0.1, -0.05) is 62.3 Å². The maximum atomic E-state index is 12.9. The van der Waals surface area contributed by atoms with Crippen LogP contribution in [0, 0.1) is 6.92 Å². The zero-order valence-electron chi connectivity index (χ0n) is 18.6. The number of sulfone groups is 1. The van der Waals surface area contributed by atoms with E-state index in [9.17, 15) is 18.0 Å². The van der Waals surface area contributed by atoms with Gasteiger partial charge in [-0.15, -0.1) is 0 Å². The van der Waals surface area contributed by atoms with Crippen molar-refractivity contribution in [3.05, 3.63) is 75.2 Å². The molecule has 0 radical (unpaired) electrons. The lowest BCUT2D eigenvalue weighted by atomic mass is 9.87. The topological polar surface area (TPSA) is 109 Å². The molecule has 3 aromatic rings. The van der Waals surface area contributed by atoms with Gasteiger partial charge in [0.25, 0.3) is 5.56 Å². The Morgan fingerprint density at radius 2 is 1.82 bits per heavy atom. The number of aromatic nitrogens is 2. The summed E-state index contributed by atoms with van der Waals surface area (Å²) < 4.78 is 25.8. The molecule has 0 unspecified atom stereocenters. The quantitative estimate of drug-likeness (QED) is 0.374. The molecule has 10 heteroatoms. The van der Waals surface area contributed by atoms with Crippen LogP contribution in [0.1, 0.15) is 31.9 Å². The number of nitrogens with one attached hydrogen (secondary N) is 2. The van der Waals surface area contributed by atoms with Crippen molar-refractivity contribution in [2.45, 2.75) is 48.1 Å². The van der Waals surface area contributed by atoms with Crippen molar-refractivity contribution < 1.29 is 13.2 Å². The number of halogens is 1. The van der Waals surface area contributed by atoms with Crippen molar-refractivity contribution in [3.63, 3.8) is 0 Å². The van der Waals surface area contributed by atoms with Crippen molar-refractivity contribution in [1.29, 1.82) is 0 Å². The first kappa shape index (κ1) is 25.0. The average molecular weight is 506 g/mol. The van der Waals surface area contributed by atoms with Crippen molar-refractivity contribution in [2.24, 2.45) is 0 Å². The lowest BCUT2D eigenvalue weighted by Crippen LogP contribution is -2.20. The van der Waals surface area contributed by atoms with Crippen LogP contribution in [0.15, 0.2) is 68.4 Å². The summed E-state index contributed by atoms with van der Waals surface area (Å²) >= 11 is 7.04. The van der Waals surface area contributed by atoms with E-state index in [0.717, 1.165) is 29.1 Å². The Morgan fingerprint density at radius 1 is 1.15 bits per heavy atom. The fraction of sp³-hybridized carbons (Fsp3) is 0.261. The molecule has 0 aliphatic carbocycles. The fourth-order valence-corrected chi connectivity index (χ4v) is 4.94. The fourth-order valence-electron chi connectivity index (χ4n) is 2.89. The molecule has 2 N–H and O–H groups in total. The molecule has 0 saturated carbocycles. The van der Waals surface area contributed by atoms with Crippen molar-refractivity contribution >= 4 is 44.8 Å². The Bertz CT molecular complexity index is 1350. The summed E-state index contributed by atoms with van der Waals surface area (Å²) in [5.74, 6) is -0.354. The zero-order chi connectivity index (χ0) is 24.4. The predicted molar refractivity (Wildman–Crippen MR) is 131 cm³/mol. The highest BCUT2D eigenvalue weighted by atomic mass is 35.5. The van der Waals surface area contributed by atoms with E-state index in [1.807, 2.05) is 27.7 Å². The van der Waals surface area contributed by atoms with Gasteiger partial charge in [-0.25, -0.2) is 13.4 Å². The maximum Gasteiger partial charge on any atom is 0.270 e. The van der Waals surface area contributed by atoms with Crippen LogP contribution in [0.3, 0.4) is 0 Å². The number of aryl methyl sites for hydroxylation is 1. The number of anilines is 1. The van der Waals surface area contributed by atoms with E-state index in [-0.39, 0.29) is 27.1 Å². The summed E-state index contributed by atoms with van der Waals surface area (Å²) in [6.07, 6.45) is 1.02. The highest BCUT2D eigenvalue weighted by Crippen LogP contribution is 2.25. The Kier molecular flexibility index (Phi) is 7.36. The molecule has 33 heavy (non-hydrogen) atoms. The largest absolute Gasteiger partial charge is 0.325 e. The number of aromatic amines is 1. The smallest absolute Gasteiger partial charge is 0.270 e. The van der Waals surface area contributed by atoms with Gasteiger partial charge in [-0.2, -0.15) is 0 Å². The Morgan fingerprint density at radius 3 is 2.39 bits per heavy atom. The summed E-state index contributed by atoms with van der Waals surface area (Å²) in [6, 6.07) is 11.6. The first-order valence-corrected chi connectivity index (χ1v) is 12.9. The highest BCUT2D eigenvalue weighted by Gasteiger charge is 2.23. The highest BCUT2D eigenvalue weighted by molar-refractivity contribution is 7.99. The van der Waals surface area contributed by atoms with Crippen molar-refractivity contribution in [2.75, 3.05) is 11.1 Å². The van der Waals surface area contributed by atoms with E-state index >= 15 is 0 Å². The van der Waals surface area contributed by atoms with Crippen LogP contribution < -0.4 is 10.9 Å². The predicted octanol–water partition coefficient (Wildman–Crippen LogP) is 4.59. The van der Waals surface area contributed by atoms with Crippen LogP contribution >= 0.6 is 23.4 Å². The third-order valence-corrected chi connectivity index (χ3v) is 7.92. The molecule has 2 aromatic carbocycles. The minimum atomic E-state index is -4.04. The summed E-state index contributed by atoms with van der Waals surface area (Å²) in [5, 5.41) is 3.38. The summed E-state index contributed by atoms with van der Waals surface area (Å²) in [5.41, 5.74) is 1.50. The second kappa shape index (κ2) is 9.70. The van der Waals surface area contributed by atoms with Gasteiger partial charge in [0.15, 0.2) is 10.1 Å². The minimum absolute atomic E-state index is 0.0133. The van der Waals surface area contributed by atoms with Crippen molar-refractivity contribution in [1.82, 2.24) is 9.97 Å². The van der Waals surface area contributed by atoms with Gasteiger partial charge >= 0.3 is 0 Å². The normalized spacial score (nSPS) is 11.9. The van der Waals surface area contributed by atoms with Crippen LogP contribution in [-0.2, 0) is 20.0 Å². The number of hydrogen-bond acceptors (Lipinski definition) is 6. The van der Waals surface area contributed by atoms with Gasteiger partial charge in [0.1, 0.15) is 0 Å². The second-order valence-corrected chi connectivity index (χ2v) is 11.7. The standard InChI is InChI=1S/C23H24ClN3O4S2/c1-14-5-8-16(11-18(14)24)26-20(28)13-32-22-25-12-19(21(29)27-22)33(30,31)17-9-6-15(7-10-17)23(2,3)4/h5-12H,13H2,1-4H3,(H,26,28)(H,25,27,29). The molecule has 0 saturated heterocycles. The average Bonchev–Trinajstić information content (AvgIpc) is 2.74. The van der Waals surface area contributed by atoms with E-state index in [0.29, 0.717) is 10.7 Å². The molecule has 0 aliphatic heterocycles. The lowest BCUT2D eigenvalue weighted by Gasteiger charge is -2.19. The number of nitrogens with zero attached hydrogens (tertiary/aromatic N) is 1. The van der Waals surface area contributed by atoms with E-state index in [2.05, 4.69) is 15.3 Å². The number of benzene rings is 2. The first-order chi connectivity index (χ1) is 15.4. The maximum absolute atomic E-state index is 12.9. The molecule has 0 aliphatic rings. The van der Waals surface area contributed by atoms with E-state index in [1.54, 1.807) is 30.3 Å². The van der Waals surface area contributed by atoms with Gasteiger partial charge in [0.05, 0.1) is 16.8 Å². The number of amides is 1. The molecule has 0 spiro atoms. The molecular weight excluding hydrogens is 482 g/mol. The zero-order valence-corrected chi connectivity index (χ0v) is 21.0. The lowest BCUT2D eigenvalue weighted by molar-refractivity contribution is -0.113. The second-order valence-electron chi connectivity index (χ2n) is 8.46. The van der Waals surface area contributed by atoms with E-state index in [1.165, 1.54) is 12.1 Å². The number of H-pyrrole nitrogens is 1. The summed E-state index contributed by atoms with van der Waals surface area (Å²) in [4.78, 5) is 30.7. The Hall–Kier alpha value is -2.62. The Labute approximate surface area is 201 Å². The number of carbonyl (C=O) groups is 1. The molecule has 174 valence electrons. The number of thioether (sulfide) groups is 1. The van der Waals surface area contributed by atoms with Crippen LogP contribution in [0.25, 0.3) is 0 Å². The van der Waals surface area contributed by atoms with E-state index < -0.39 is 20.3 Å². The monoisotopic (exact) mass is 505 g/mol. The molecule has 1 heterocycles. The molecular formula is C23H24ClN3O4S2. The van der Waals surface area contributed by atoms with Gasteiger partial charge in [0.2, 0.25) is 15.7 Å². The summed E-state index contributed by atoms with van der Waals surface area (Å²) in [7, 11) is -4.04. The Balaban J connectivity index is 1.70. The minimum Gasteiger partial charge on any atom is -0.325 e. The molecule has 1 amide bonds. The number of carbonyl (C=O) groups excluding carboxylic acids is 1. The summed E-state index contributed by atoms with van der Waals surface area (Å²) in [6.45, 7) is 7.93. The number of hydrogen-bond donors (Lipinski definition) is 2. The van der Waals surface area contributed by atoms with Crippen molar-refractivity contribution in [3.8, 4) is 0 Å². The van der Waals surface area contributed by atoms with Crippen LogP contribution in [0.5, 0.6) is 0 Å². The van der Waals surface area contributed by atoms with Crippen LogP contribution in [-0.4, -0.2) is 30.0 Å². The van der Waals surface area contributed by atoms with Gasteiger partial charge in [-0.3, -0.25) is 9.59 Å². The molecule has 0 fully saturated rings. The van der Waals surface area contributed by atoms with Gasteiger partial charge < -0.3 is 10.3 Å². The van der Waals surface area contributed by atoms with Gasteiger partial charge in [0, 0.05) is 10.7 Å². The molecule has 0 atom stereocenters. The first-order valence-electron chi connectivity index (χ1n) is 10.0.